The van der Waals surface area contributed by atoms with Crippen LogP contribution in [0.5, 0.6) is 0 Å². The zero-order valence-electron chi connectivity index (χ0n) is 6.57. The predicted octanol–water partition coefficient (Wildman–Crippen LogP) is 1.78. The summed E-state index contributed by atoms with van der Waals surface area (Å²) in [4.78, 5) is 0.0278. The molecule has 0 heterocycles. The van der Waals surface area contributed by atoms with Gasteiger partial charge in [0.1, 0.15) is 0 Å². The van der Waals surface area contributed by atoms with Crippen LogP contribution < -0.4 is 0 Å². The maximum atomic E-state index is 12.6. The number of sulfone groups is 1. The van der Waals surface area contributed by atoms with Gasteiger partial charge in [-0.05, 0) is 19.1 Å². The average Bonchev–Trinajstić information content (AvgIpc) is 2.06. The van der Waals surface area contributed by atoms with Gasteiger partial charge in [0.2, 0.25) is 15.3 Å². The van der Waals surface area contributed by atoms with Gasteiger partial charge >= 0.3 is 0 Å². The van der Waals surface area contributed by atoms with Crippen LogP contribution in [-0.4, -0.2) is 13.9 Å². The molecule has 0 spiro atoms. The highest BCUT2D eigenvalue weighted by molar-refractivity contribution is 7.91. The van der Waals surface area contributed by atoms with Gasteiger partial charge in [-0.1, -0.05) is 18.2 Å². The van der Waals surface area contributed by atoms with Crippen LogP contribution >= 0.6 is 0 Å². The van der Waals surface area contributed by atoms with Crippen molar-refractivity contribution in [3.05, 3.63) is 30.3 Å². The van der Waals surface area contributed by atoms with Crippen LogP contribution in [0.15, 0.2) is 35.2 Å². The number of halogens is 1. The van der Waals surface area contributed by atoms with Crippen molar-refractivity contribution in [3.63, 3.8) is 0 Å². The molecule has 0 saturated carbocycles. The minimum Gasteiger partial charge on any atom is -0.230 e. The first kappa shape index (κ1) is 9.19. The molecular formula is C8H9FO2S. The van der Waals surface area contributed by atoms with Gasteiger partial charge in [0.05, 0.1) is 4.90 Å². The molecule has 4 heteroatoms. The first-order valence-electron chi connectivity index (χ1n) is 3.48. The van der Waals surface area contributed by atoms with Crippen molar-refractivity contribution in [2.45, 2.75) is 17.3 Å². The molecule has 0 aliphatic rings. The maximum absolute atomic E-state index is 12.6. The Bertz CT molecular complexity index is 343. The Morgan fingerprint density at radius 1 is 1.25 bits per heavy atom. The molecule has 0 aliphatic carbocycles. The fraction of sp³-hybridized carbons (Fsp3) is 0.250. The van der Waals surface area contributed by atoms with Crippen LogP contribution in [0.1, 0.15) is 6.92 Å². The van der Waals surface area contributed by atoms with E-state index in [1.54, 1.807) is 18.2 Å². The Morgan fingerprint density at radius 2 is 1.75 bits per heavy atom. The zero-order valence-corrected chi connectivity index (χ0v) is 7.38. The summed E-state index contributed by atoms with van der Waals surface area (Å²) in [6.45, 7) is 1.02. The van der Waals surface area contributed by atoms with E-state index in [4.69, 9.17) is 0 Å². The molecule has 0 N–H and O–H groups in total. The molecule has 0 fully saturated rings. The summed E-state index contributed by atoms with van der Waals surface area (Å²) in [5.41, 5.74) is -1.85. The number of benzene rings is 1. The van der Waals surface area contributed by atoms with E-state index in [9.17, 15) is 12.8 Å². The van der Waals surface area contributed by atoms with Crippen LogP contribution in [0.4, 0.5) is 4.39 Å². The molecule has 2 nitrogen and oxygen atoms in total. The Labute approximate surface area is 71.0 Å². The van der Waals surface area contributed by atoms with E-state index < -0.39 is 15.3 Å². The highest BCUT2D eigenvalue weighted by Crippen LogP contribution is 2.15. The van der Waals surface area contributed by atoms with Gasteiger partial charge in [-0.3, -0.25) is 0 Å². The average molecular weight is 188 g/mol. The van der Waals surface area contributed by atoms with Crippen molar-refractivity contribution in [2.75, 3.05) is 0 Å². The standard InChI is InChI=1S/C8H9FO2S/c1-7(9)12(10,11)8-5-3-2-4-6-8/h2-7H,1H3. The second-order valence-corrected chi connectivity index (χ2v) is 4.61. The van der Waals surface area contributed by atoms with E-state index in [1.807, 2.05) is 0 Å². The Balaban J connectivity index is 3.17. The molecule has 1 unspecified atom stereocenters. The van der Waals surface area contributed by atoms with E-state index in [0.29, 0.717) is 0 Å². The molecule has 1 atom stereocenters. The van der Waals surface area contributed by atoms with Gasteiger partial charge < -0.3 is 0 Å². The lowest BCUT2D eigenvalue weighted by Gasteiger charge is -2.03. The molecule has 0 amide bonds. The second kappa shape index (κ2) is 3.23. The van der Waals surface area contributed by atoms with E-state index in [0.717, 1.165) is 6.92 Å². The fourth-order valence-electron chi connectivity index (χ4n) is 0.798. The summed E-state index contributed by atoms with van der Waals surface area (Å²) in [6.07, 6.45) is 0. The highest BCUT2D eigenvalue weighted by atomic mass is 32.2. The topological polar surface area (TPSA) is 34.1 Å². The lowest BCUT2D eigenvalue weighted by molar-refractivity contribution is 0.443. The monoisotopic (exact) mass is 188 g/mol. The molecule has 0 aliphatic heterocycles. The van der Waals surface area contributed by atoms with Crippen LogP contribution in [0.25, 0.3) is 0 Å². The fourth-order valence-corrected chi connectivity index (χ4v) is 1.71. The number of alkyl halides is 1. The summed E-state index contributed by atoms with van der Waals surface area (Å²) in [7, 11) is -3.74. The SMILES string of the molecule is CC(F)S(=O)(=O)c1ccccc1. The minimum atomic E-state index is -3.74. The molecule has 0 radical (unpaired) electrons. The van der Waals surface area contributed by atoms with Gasteiger partial charge in [0.25, 0.3) is 0 Å². The molecule has 1 aromatic rings. The quantitative estimate of drug-likeness (QED) is 0.708. The number of hydrogen-bond donors (Lipinski definition) is 0. The summed E-state index contributed by atoms with van der Waals surface area (Å²) in [5, 5.41) is 0. The number of rotatable bonds is 2. The first-order valence-corrected chi connectivity index (χ1v) is 5.03. The highest BCUT2D eigenvalue weighted by Gasteiger charge is 2.21. The maximum Gasteiger partial charge on any atom is 0.210 e. The molecule has 12 heavy (non-hydrogen) atoms. The van der Waals surface area contributed by atoms with Crippen LogP contribution in [0.3, 0.4) is 0 Å². The molecule has 66 valence electrons. The lowest BCUT2D eigenvalue weighted by atomic mass is 10.4. The molecule has 1 aromatic carbocycles. The third-order valence-electron chi connectivity index (χ3n) is 1.50. The van der Waals surface area contributed by atoms with Gasteiger partial charge in [-0.15, -0.1) is 0 Å². The lowest BCUT2D eigenvalue weighted by Crippen LogP contribution is -2.12. The molecular weight excluding hydrogens is 179 g/mol. The third kappa shape index (κ3) is 1.64. The van der Waals surface area contributed by atoms with Gasteiger partial charge in [-0.25, -0.2) is 12.8 Å². The Morgan fingerprint density at radius 3 is 2.17 bits per heavy atom. The van der Waals surface area contributed by atoms with E-state index >= 15 is 0 Å². The molecule has 0 saturated heterocycles. The summed E-state index contributed by atoms with van der Waals surface area (Å²) in [5.74, 6) is 0. The van der Waals surface area contributed by atoms with Crippen LogP contribution in [0.2, 0.25) is 0 Å². The first-order chi connectivity index (χ1) is 5.55. The van der Waals surface area contributed by atoms with Crippen molar-refractivity contribution in [3.8, 4) is 0 Å². The van der Waals surface area contributed by atoms with E-state index in [-0.39, 0.29) is 4.90 Å². The van der Waals surface area contributed by atoms with Crippen molar-refractivity contribution in [1.82, 2.24) is 0 Å². The summed E-state index contributed by atoms with van der Waals surface area (Å²) >= 11 is 0. The van der Waals surface area contributed by atoms with Crippen molar-refractivity contribution in [2.24, 2.45) is 0 Å². The smallest absolute Gasteiger partial charge is 0.210 e. The normalized spacial score (nSPS) is 14.2. The Kier molecular flexibility index (Phi) is 2.47. The van der Waals surface area contributed by atoms with E-state index in [1.165, 1.54) is 12.1 Å². The van der Waals surface area contributed by atoms with Gasteiger partial charge in [0, 0.05) is 0 Å². The van der Waals surface area contributed by atoms with E-state index in [2.05, 4.69) is 0 Å². The van der Waals surface area contributed by atoms with Crippen molar-refractivity contribution >= 4 is 9.84 Å². The summed E-state index contributed by atoms with van der Waals surface area (Å²) < 4.78 is 34.9. The third-order valence-corrected chi connectivity index (χ3v) is 3.28. The van der Waals surface area contributed by atoms with Crippen molar-refractivity contribution in [1.29, 1.82) is 0 Å². The largest absolute Gasteiger partial charge is 0.230 e. The molecule has 0 bridgehead atoms. The zero-order chi connectivity index (χ0) is 9.19. The summed E-state index contributed by atoms with van der Waals surface area (Å²) in [6, 6.07) is 7.57. The Hall–Kier alpha value is -0.900. The van der Waals surface area contributed by atoms with Crippen molar-refractivity contribution < 1.29 is 12.8 Å². The van der Waals surface area contributed by atoms with Crippen LogP contribution in [0, 0.1) is 0 Å². The van der Waals surface area contributed by atoms with Gasteiger partial charge in [0.15, 0.2) is 0 Å². The second-order valence-electron chi connectivity index (χ2n) is 2.40. The molecule has 0 aromatic heterocycles. The van der Waals surface area contributed by atoms with Crippen LogP contribution in [-0.2, 0) is 9.84 Å². The number of hydrogen-bond acceptors (Lipinski definition) is 2. The van der Waals surface area contributed by atoms with Gasteiger partial charge in [-0.2, -0.15) is 0 Å². The predicted molar refractivity (Wildman–Crippen MR) is 44.2 cm³/mol. The minimum absolute atomic E-state index is 0.0278. The molecule has 1 rings (SSSR count).